The van der Waals surface area contributed by atoms with Crippen molar-refractivity contribution < 1.29 is 9.53 Å². The van der Waals surface area contributed by atoms with Crippen LogP contribution < -0.4 is 5.73 Å². The van der Waals surface area contributed by atoms with Crippen molar-refractivity contribution in [1.82, 2.24) is 9.80 Å². The molecule has 144 valence electrons. The minimum Gasteiger partial charge on any atom is -0.370 e. The summed E-state index contributed by atoms with van der Waals surface area (Å²) in [6.07, 6.45) is 0. The average Bonchev–Trinajstić information content (AvgIpc) is 2.69. The van der Waals surface area contributed by atoms with Crippen molar-refractivity contribution in [2.75, 3.05) is 45.9 Å². The number of ether oxygens (including phenoxy) is 1. The van der Waals surface area contributed by atoms with E-state index < -0.39 is 5.91 Å². The molecule has 0 saturated carbocycles. The van der Waals surface area contributed by atoms with Gasteiger partial charge in [-0.25, -0.2) is 0 Å². The van der Waals surface area contributed by atoms with Crippen LogP contribution in [0.2, 0.25) is 5.02 Å². The van der Waals surface area contributed by atoms with Crippen molar-refractivity contribution in [2.24, 2.45) is 5.73 Å². The first-order chi connectivity index (χ1) is 13.1. The van der Waals surface area contributed by atoms with Crippen LogP contribution in [0, 0.1) is 0 Å². The fraction of sp³-hybridized carbons (Fsp3) is 0.381. The van der Waals surface area contributed by atoms with E-state index >= 15 is 0 Å². The average molecular weight is 388 g/mol. The monoisotopic (exact) mass is 387 g/mol. The first-order valence-electron chi connectivity index (χ1n) is 9.27. The number of rotatable bonds is 8. The number of amides is 1. The second-order valence-corrected chi connectivity index (χ2v) is 7.14. The van der Waals surface area contributed by atoms with Gasteiger partial charge in [0.2, 0.25) is 5.91 Å². The van der Waals surface area contributed by atoms with Gasteiger partial charge in [-0.05, 0) is 17.2 Å². The maximum absolute atomic E-state index is 10.7. The second-order valence-electron chi connectivity index (χ2n) is 6.73. The number of benzene rings is 2. The molecule has 2 N–H and O–H groups in total. The molecule has 0 aliphatic carbocycles. The van der Waals surface area contributed by atoms with Gasteiger partial charge in [-0.2, -0.15) is 0 Å². The van der Waals surface area contributed by atoms with E-state index in [0.717, 1.165) is 43.3 Å². The predicted octanol–water partition coefficient (Wildman–Crippen LogP) is 2.55. The number of hydrogen-bond donors (Lipinski definition) is 1. The van der Waals surface area contributed by atoms with Gasteiger partial charge < -0.3 is 10.5 Å². The minimum absolute atomic E-state index is 0.0114. The normalized spacial score (nSPS) is 16.9. The van der Waals surface area contributed by atoms with Gasteiger partial charge >= 0.3 is 0 Å². The molecular weight excluding hydrogens is 362 g/mol. The van der Waals surface area contributed by atoms with E-state index in [-0.39, 0.29) is 12.6 Å². The molecule has 1 fully saturated rings. The maximum atomic E-state index is 10.7. The Bertz CT molecular complexity index is 733. The molecule has 1 atom stereocenters. The van der Waals surface area contributed by atoms with Gasteiger partial charge in [0.1, 0.15) is 6.61 Å². The summed E-state index contributed by atoms with van der Waals surface area (Å²) < 4.78 is 5.28. The number of halogens is 1. The Morgan fingerprint density at radius 2 is 1.70 bits per heavy atom. The molecule has 1 saturated heterocycles. The van der Waals surface area contributed by atoms with Crippen LogP contribution in [-0.4, -0.2) is 61.6 Å². The van der Waals surface area contributed by atoms with Gasteiger partial charge in [0.25, 0.3) is 0 Å². The van der Waals surface area contributed by atoms with Crippen LogP contribution in [0.25, 0.3) is 0 Å². The van der Waals surface area contributed by atoms with E-state index in [1.165, 1.54) is 5.56 Å². The number of nitrogens with zero attached hydrogens (tertiary/aromatic N) is 2. The van der Waals surface area contributed by atoms with E-state index in [1.54, 1.807) is 0 Å². The summed E-state index contributed by atoms with van der Waals surface area (Å²) in [6.45, 7) is 5.12. The topological polar surface area (TPSA) is 58.8 Å². The smallest absolute Gasteiger partial charge is 0.243 e. The zero-order chi connectivity index (χ0) is 19.1. The third-order valence-electron chi connectivity index (χ3n) is 4.88. The van der Waals surface area contributed by atoms with Crippen molar-refractivity contribution in [3.05, 3.63) is 70.7 Å². The predicted molar refractivity (Wildman–Crippen MR) is 108 cm³/mol. The molecule has 0 unspecified atom stereocenters. The van der Waals surface area contributed by atoms with Crippen LogP contribution in [0.5, 0.6) is 0 Å². The summed E-state index contributed by atoms with van der Waals surface area (Å²) >= 11 is 6.54. The first-order valence-corrected chi connectivity index (χ1v) is 9.65. The van der Waals surface area contributed by atoms with Crippen LogP contribution in [0.3, 0.4) is 0 Å². The van der Waals surface area contributed by atoms with Crippen molar-refractivity contribution >= 4 is 17.5 Å². The summed E-state index contributed by atoms with van der Waals surface area (Å²) in [5.74, 6) is -0.426. The first kappa shape index (κ1) is 19.8. The second kappa shape index (κ2) is 9.85. The molecule has 0 spiro atoms. The maximum Gasteiger partial charge on any atom is 0.243 e. The number of nitrogens with two attached hydrogens (primary N) is 1. The Hall–Kier alpha value is -1.92. The summed E-state index contributed by atoms with van der Waals surface area (Å²) in [6, 6.07) is 18.8. The minimum atomic E-state index is -0.426. The molecule has 1 amide bonds. The lowest BCUT2D eigenvalue weighted by Crippen LogP contribution is -2.48. The number of carbonyl (C=O) groups excluding carboxylic acids is 1. The fourth-order valence-electron chi connectivity index (χ4n) is 3.53. The lowest BCUT2D eigenvalue weighted by Gasteiger charge is -2.40. The summed E-state index contributed by atoms with van der Waals surface area (Å²) in [4.78, 5) is 15.6. The van der Waals surface area contributed by atoms with Crippen molar-refractivity contribution in [2.45, 2.75) is 6.04 Å². The van der Waals surface area contributed by atoms with E-state index in [4.69, 9.17) is 22.1 Å². The molecule has 2 aromatic carbocycles. The van der Waals surface area contributed by atoms with Crippen molar-refractivity contribution in [1.29, 1.82) is 0 Å². The molecular formula is C21H26ClN3O2. The molecule has 1 aliphatic heterocycles. The summed E-state index contributed by atoms with van der Waals surface area (Å²) in [5, 5.41) is 0.800. The Balaban J connectivity index is 1.65. The van der Waals surface area contributed by atoms with Crippen LogP contribution in [0.15, 0.2) is 54.6 Å². The Morgan fingerprint density at radius 3 is 2.37 bits per heavy atom. The SMILES string of the molecule is NC(=O)COCCN1CCN([C@@H](c2ccccc2)c2ccccc2Cl)CC1. The highest BCUT2D eigenvalue weighted by molar-refractivity contribution is 6.31. The fourth-order valence-corrected chi connectivity index (χ4v) is 3.77. The molecule has 2 aromatic rings. The third kappa shape index (κ3) is 5.53. The quantitative estimate of drug-likeness (QED) is 0.707. The van der Waals surface area contributed by atoms with Gasteiger partial charge in [-0.15, -0.1) is 0 Å². The van der Waals surface area contributed by atoms with Crippen LogP contribution in [0.4, 0.5) is 0 Å². The van der Waals surface area contributed by atoms with Crippen molar-refractivity contribution in [3.63, 3.8) is 0 Å². The number of piperazine rings is 1. The standard InChI is InChI=1S/C21H26ClN3O2/c22-19-9-5-4-8-18(19)21(17-6-2-1-3-7-17)25-12-10-24(11-13-25)14-15-27-16-20(23)26/h1-9,21H,10-16H2,(H2,23,26)/t21-/m0/s1. The summed E-state index contributed by atoms with van der Waals surface area (Å²) in [5.41, 5.74) is 7.49. The molecule has 3 rings (SSSR count). The van der Waals surface area contributed by atoms with Gasteiger partial charge in [0.05, 0.1) is 12.6 Å². The highest BCUT2D eigenvalue weighted by Crippen LogP contribution is 2.33. The van der Waals surface area contributed by atoms with Gasteiger partial charge in [-0.1, -0.05) is 60.1 Å². The Kier molecular flexibility index (Phi) is 7.24. The van der Waals surface area contributed by atoms with Crippen LogP contribution >= 0.6 is 11.6 Å². The van der Waals surface area contributed by atoms with E-state index in [2.05, 4.69) is 40.1 Å². The van der Waals surface area contributed by atoms with E-state index in [0.29, 0.717) is 6.61 Å². The molecule has 1 heterocycles. The molecule has 5 nitrogen and oxygen atoms in total. The Morgan fingerprint density at radius 1 is 1.04 bits per heavy atom. The molecule has 0 radical (unpaired) electrons. The Labute approximate surface area is 165 Å². The van der Waals surface area contributed by atoms with E-state index in [9.17, 15) is 4.79 Å². The molecule has 27 heavy (non-hydrogen) atoms. The third-order valence-corrected chi connectivity index (χ3v) is 5.23. The molecule has 6 heteroatoms. The number of primary amides is 1. The van der Waals surface area contributed by atoms with E-state index in [1.807, 2.05) is 24.3 Å². The highest BCUT2D eigenvalue weighted by atomic mass is 35.5. The lowest BCUT2D eigenvalue weighted by molar-refractivity contribution is -0.122. The largest absolute Gasteiger partial charge is 0.370 e. The van der Waals surface area contributed by atoms with Crippen molar-refractivity contribution in [3.8, 4) is 0 Å². The zero-order valence-electron chi connectivity index (χ0n) is 15.4. The molecule has 0 aromatic heterocycles. The van der Waals surface area contributed by atoms with Crippen LogP contribution in [0.1, 0.15) is 17.2 Å². The number of hydrogen-bond acceptors (Lipinski definition) is 4. The molecule has 0 bridgehead atoms. The summed E-state index contributed by atoms with van der Waals surface area (Å²) in [7, 11) is 0. The van der Waals surface area contributed by atoms with Crippen LogP contribution in [-0.2, 0) is 9.53 Å². The zero-order valence-corrected chi connectivity index (χ0v) is 16.1. The lowest BCUT2D eigenvalue weighted by atomic mass is 9.96. The van der Waals surface area contributed by atoms with Gasteiger partial charge in [0, 0.05) is 37.7 Å². The van der Waals surface area contributed by atoms with Gasteiger partial charge in [0.15, 0.2) is 0 Å². The van der Waals surface area contributed by atoms with Gasteiger partial charge in [-0.3, -0.25) is 14.6 Å². The number of carbonyl (C=O) groups is 1. The highest BCUT2D eigenvalue weighted by Gasteiger charge is 2.27. The molecule has 1 aliphatic rings.